The van der Waals surface area contributed by atoms with E-state index in [1.54, 1.807) is 7.11 Å². The van der Waals surface area contributed by atoms with Crippen LogP contribution in [0.1, 0.15) is 19.2 Å². The molecule has 2 heterocycles. The van der Waals surface area contributed by atoms with Crippen LogP contribution in [0.25, 0.3) is 11.2 Å². The van der Waals surface area contributed by atoms with Crippen molar-refractivity contribution in [3.05, 3.63) is 12.2 Å². The fourth-order valence-corrected chi connectivity index (χ4v) is 1.47. The van der Waals surface area contributed by atoms with Gasteiger partial charge in [0.25, 0.3) is 0 Å². The third-order valence-electron chi connectivity index (χ3n) is 2.56. The number of methoxy groups -OCH3 is 1. The maximum Gasteiger partial charge on any atom is 0.183 e. The number of nitrogens with one attached hydrogen (secondary N) is 1. The Labute approximate surface area is 93.3 Å². The fourth-order valence-electron chi connectivity index (χ4n) is 1.47. The number of H-pyrrole nitrogens is 1. The standard InChI is InChI=1S/C10H15N5O/c1-6(16-2)3-4-7-14-8-9(11)12-5-13-10(8)15-7/h5-6H,3-4H2,1-2H3,(H3,11,12,13,14,15). The van der Waals surface area contributed by atoms with E-state index in [4.69, 9.17) is 10.5 Å². The number of fused-ring (bicyclic) bond motifs is 1. The summed E-state index contributed by atoms with van der Waals surface area (Å²) in [5, 5.41) is 0. The molecule has 0 aliphatic heterocycles. The van der Waals surface area contributed by atoms with Crippen LogP contribution in [-0.4, -0.2) is 33.1 Å². The van der Waals surface area contributed by atoms with Gasteiger partial charge in [0.15, 0.2) is 11.5 Å². The third-order valence-corrected chi connectivity index (χ3v) is 2.56. The monoisotopic (exact) mass is 221 g/mol. The number of imidazole rings is 1. The van der Waals surface area contributed by atoms with Crippen LogP contribution in [0.15, 0.2) is 6.33 Å². The van der Waals surface area contributed by atoms with Crippen LogP contribution in [0.4, 0.5) is 5.82 Å². The second-order valence-electron chi connectivity index (χ2n) is 3.73. The van der Waals surface area contributed by atoms with Gasteiger partial charge in [0.2, 0.25) is 0 Å². The molecule has 16 heavy (non-hydrogen) atoms. The first-order chi connectivity index (χ1) is 7.70. The van der Waals surface area contributed by atoms with E-state index in [0.29, 0.717) is 17.0 Å². The molecule has 0 aromatic carbocycles. The highest BCUT2D eigenvalue weighted by atomic mass is 16.5. The number of nitrogens with two attached hydrogens (primary N) is 1. The van der Waals surface area contributed by atoms with E-state index in [2.05, 4.69) is 19.9 Å². The minimum atomic E-state index is 0.219. The lowest BCUT2D eigenvalue weighted by Crippen LogP contribution is -2.06. The highest BCUT2D eigenvalue weighted by molar-refractivity contribution is 5.80. The second kappa shape index (κ2) is 4.44. The molecule has 2 aromatic rings. The summed E-state index contributed by atoms with van der Waals surface area (Å²) in [7, 11) is 1.70. The lowest BCUT2D eigenvalue weighted by atomic mass is 10.2. The molecule has 0 bridgehead atoms. The van der Waals surface area contributed by atoms with Gasteiger partial charge in [-0.15, -0.1) is 0 Å². The molecule has 0 fully saturated rings. The normalized spacial score (nSPS) is 13.1. The first-order valence-electron chi connectivity index (χ1n) is 5.18. The van der Waals surface area contributed by atoms with Crippen molar-refractivity contribution in [1.29, 1.82) is 0 Å². The number of ether oxygens (including phenoxy) is 1. The zero-order valence-electron chi connectivity index (χ0n) is 9.40. The first kappa shape index (κ1) is 10.8. The lowest BCUT2D eigenvalue weighted by Gasteiger charge is -2.06. The van der Waals surface area contributed by atoms with Gasteiger partial charge >= 0.3 is 0 Å². The maximum absolute atomic E-state index is 5.70. The SMILES string of the molecule is COC(C)CCc1nc2ncnc(N)c2[nH]1. The summed E-state index contributed by atoms with van der Waals surface area (Å²) in [5.41, 5.74) is 7.03. The Kier molecular flexibility index (Phi) is 3.00. The Morgan fingerprint density at radius 3 is 3.00 bits per heavy atom. The number of nitrogen functional groups attached to an aromatic ring is 1. The van der Waals surface area contributed by atoms with Crippen molar-refractivity contribution in [2.45, 2.75) is 25.9 Å². The number of hydrogen-bond acceptors (Lipinski definition) is 5. The number of rotatable bonds is 4. The van der Waals surface area contributed by atoms with Gasteiger partial charge in [-0.3, -0.25) is 0 Å². The van der Waals surface area contributed by atoms with Crippen molar-refractivity contribution in [3.63, 3.8) is 0 Å². The van der Waals surface area contributed by atoms with Crippen LogP contribution >= 0.6 is 0 Å². The average Bonchev–Trinajstić information content (AvgIpc) is 2.70. The third kappa shape index (κ3) is 2.11. The highest BCUT2D eigenvalue weighted by Gasteiger charge is 2.08. The predicted molar refractivity (Wildman–Crippen MR) is 60.9 cm³/mol. The Bertz CT molecular complexity index is 481. The van der Waals surface area contributed by atoms with Gasteiger partial charge in [-0.05, 0) is 13.3 Å². The molecule has 1 atom stereocenters. The molecule has 0 aliphatic rings. The van der Waals surface area contributed by atoms with E-state index in [9.17, 15) is 0 Å². The average molecular weight is 221 g/mol. The van der Waals surface area contributed by atoms with Crippen molar-refractivity contribution >= 4 is 17.0 Å². The zero-order valence-corrected chi connectivity index (χ0v) is 9.40. The van der Waals surface area contributed by atoms with Gasteiger partial charge < -0.3 is 15.5 Å². The van der Waals surface area contributed by atoms with Gasteiger partial charge in [0.1, 0.15) is 17.7 Å². The fraction of sp³-hybridized carbons (Fsp3) is 0.500. The molecule has 3 N–H and O–H groups in total. The van der Waals surface area contributed by atoms with Gasteiger partial charge in [0.05, 0.1) is 6.10 Å². The Morgan fingerprint density at radius 1 is 1.50 bits per heavy atom. The first-order valence-corrected chi connectivity index (χ1v) is 5.18. The largest absolute Gasteiger partial charge is 0.382 e. The maximum atomic E-state index is 5.70. The molecule has 1 unspecified atom stereocenters. The van der Waals surface area contributed by atoms with E-state index >= 15 is 0 Å². The van der Waals surface area contributed by atoms with Crippen molar-refractivity contribution in [2.75, 3.05) is 12.8 Å². The summed E-state index contributed by atoms with van der Waals surface area (Å²) in [6.45, 7) is 2.02. The molecule has 2 aromatic heterocycles. The number of hydrogen-bond donors (Lipinski definition) is 2. The van der Waals surface area contributed by atoms with Crippen LogP contribution in [0.5, 0.6) is 0 Å². The van der Waals surface area contributed by atoms with Gasteiger partial charge in [-0.1, -0.05) is 0 Å². The van der Waals surface area contributed by atoms with Crippen molar-refractivity contribution in [2.24, 2.45) is 0 Å². The molecular formula is C10H15N5O. The summed E-state index contributed by atoms with van der Waals surface area (Å²) < 4.78 is 5.18. The molecule has 0 saturated carbocycles. The quantitative estimate of drug-likeness (QED) is 0.800. The zero-order chi connectivity index (χ0) is 11.5. The van der Waals surface area contributed by atoms with Gasteiger partial charge in [-0.2, -0.15) is 0 Å². The van der Waals surface area contributed by atoms with E-state index < -0.39 is 0 Å². The smallest absolute Gasteiger partial charge is 0.183 e. The lowest BCUT2D eigenvalue weighted by molar-refractivity contribution is 0.111. The number of aromatic amines is 1. The second-order valence-corrected chi connectivity index (χ2v) is 3.73. The van der Waals surface area contributed by atoms with Crippen molar-refractivity contribution in [3.8, 4) is 0 Å². The van der Waals surface area contributed by atoms with Gasteiger partial charge in [-0.25, -0.2) is 15.0 Å². The molecule has 2 rings (SSSR count). The summed E-state index contributed by atoms with van der Waals surface area (Å²) in [4.78, 5) is 15.4. The van der Waals surface area contributed by atoms with E-state index in [-0.39, 0.29) is 6.10 Å². The minimum Gasteiger partial charge on any atom is -0.382 e. The number of aromatic nitrogens is 4. The number of nitrogens with zero attached hydrogens (tertiary/aromatic N) is 3. The minimum absolute atomic E-state index is 0.219. The van der Waals surface area contributed by atoms with Crippen LogP contribution in [-0.2, 0) is 11.2 Å². The van der Waals surface area contributed by atoms with Crippen LogP contribution < -0.4 is 5.73 Å². The molecule has 86 valence electrons. The summed E-state index contributed by atoms with van der Waals surface area (Å²) >= 11 is 0. The van der Waals surface area contributed by atoms with E-state index in [1.807, 2.05) is 6.92 Å². The molecule has 6 nitrogen and oxygen atoms in total. The van der Waals surface area contributed by atoms with Crippen molar-refractivity contribution in [1.82, 2.24) is 19.9 Å². The van der Waals surface area contributed by atoms with Gasteiger partial charge in [0, 0.05) is 13.5 Å². The van der Waals surface area contributed by atoms with Crippen LogP contribution in [0.3, 0.4) is 0 Å². The molecular weight excluding hydrogens is 206 g/mol. The van der Waals surface area contributed by atoms with Crippen LogP contribution in [0.2, 0.25) is 0 Å². The van der Waals surface area contributed by atoms with Crippen LogP contribution in [0, 0.1) is 0 Å². The molecule has 6 heteroatoms. The molecule has 0 amide bonds. The number of anilines is 1. The summed E-state index contributed by atoms with van der Waals surface area (Å²) in [5.74, 6) is 1.30. The van der Waals surface area contributed by atoms with E-state index in [1.165, 1.54) is 6.33 Å². The number of aryl methyl sites for hydroxylation is 1. The molecule has 0 spiro atoms. The summed E-state index contributed by atoms with van der Waals surface area (Å²) in [6.07, 6.45) is 3.35. The Hall–Kier alpha value is -1.69. The Balaban J connectivity index is 2.17. The predicted octanol–water partition coefficient (Wildman–Crippen LogP) is 0.903. The Morgan fingerprint density at radius 2 is 2.31 bits per heavy atom. The van der Waals surface area contributed by atoms with E-state index in [0.717, 1.165) is 18.7 Å². The summed E-state index contributed by atoms with van der Waals surface area (Å²) in [6, 6.07) is 0. The highest BCUT2D eigenvalue weighted by Crippen LogP contribution is 2.14. The van der Waals surface area contributed by atoms with Crippen molar-refractivity contribution < 1.29 is 4.74 Å². The topological polar surface area (TPSA) is 89.7 Å². The molecule has 0 saturated heterocycles. The molecule has 0 aliphatic carbocycles. The molecule has 0 radical (unpaired) electrons.